The fourth-order valence-corrected chi connectivity index (χ4v) is 1.89. The Kier molecular flexibility index (Phi) is 5.18. The van der Waals surface area contributed by atoms with Gasteiger partial charge in [0.1, 0.15) is 29.4 Å². The Morgan fingerprint density at radius 3 is 2.25 bits per heavy atom. The fraction of sp³-hybridized carbons (Fsp3) is 0.188. The summed E-state index contributed by atoms with van der Waals surface area (Å²) in [6.45, 7) is 0.0852. The zero-order valence-corrected chi connectivity index (χ0v) is 12.5. The number of carboxylic acid groups (broad SMARTS) is 1. The van der Waals surface area contributed by atoms with Crippen molar-refractivity contribution >= 4 is 5.97 Å². The van der Waals surface area contributed by atoms with E-state index in [-0.39, 0.29) is 23.7 Å². The lowest BCUT2D eigenvalue weighted by Gasteiger charge is -2.11. The molecule has 8 heteroatoms. The third-order valence-corrected chi connectivity index (χ3v) is 2.97. The molecular formula is C16H13F3O5. The summed E-state index contributed by atoms with van der Waals surface area (Å²) < 4.78 is 50.4. The van der Waals surface area contributed by atoms with Crippen LogP contribution < -0.4 is 14.2 Å². The molecule has 5 nitrogen and oxygen atoms in total. The van der Waals surface area contributed by atoms with Crippen LogP contribution in [0.3, 0.4) is 0 Å². The molecule has 0 unspecified atom stereocenters. The van der Waals surface area contributed by atoms with Crippen molar-refractivity contribution in [3.05, 3.63) is 53.6 Å². The van der Waals surface area contributed by atoms with Crippen LogP contribution in [-0.4, -0.2) is 24.5 Å². The SMILES string of the molecule is COc1cc(OCc2ccc(OC(F)(F)F)cc2)ccc1C(=O)O. The Bertz CT molecular complexity index is 711. The normalized spacial score (nSPS) is 11.0. The number of ether oxygens (including phenoxy) is 3. The Morgan fingerprint density at radius 2 is 1.71 bits per heavy atom. The van der Waals surface area contributed by atoms with Gasteiger partial charge >= 0.3 is 12.3 Å². The highest BCUT2D eigenvalue weighted by Gasteiger charge is 2.30. The van der Waals surface area contributed by atoms with Crippen molar-refractivity contribution in [3.63, 3.8) is 0 Å². The molecule has 0 aromatic heterocycles. The third kappa shape index (κ3) is 4.80. The van der Waals surface area contributed by atoms with Crippen molar-refractivity contribution < 1.29 is 37.3 Å². The maximum Gasteiger partial charge on any atom is 0.573 e. The summed E-state index contributed by atoms with van der Waals surface area (Å²) in [5.41, 5.74) is 0.615. The van der Waals surface area contributed by atoms with Gasteiger partial charge in [-0.2, -0.15) is 0 Å². The number of benzene rings is 2. The minimum absolute atomic E-state index is 0.00139. The molecule has 0 atom stereocenters. The first-order chi connectivity index (χ1) is 11.3. The first-order valence-corrected chi connectivity index (χ1v) is 6.67. The summed E-state index contributed by atoms with van der Waals surface area (Å²) in [4.78, 5) is 11.0. The van der Waals surface area contributed by atoms with E-state index in [1.54, 1.807) is 0 Å². The molecule has 0 fully saturated rings. The van der Waals surface area contributed by atoms with Crippen molar-refractivity contribution in [2.45, 2.75) is 13.0 Å². The van der Waals surface area contributed by atoms with E-state index in [1.165, 1.54) is 49.6 Å². The molecule has 0 spiro atoms. The predicted octanol–water partition coefficient (Wildman–Crippen LogP) is 3.87. The zero-order valence-electron chi connectivity index (χ0n) is 12.5. The van der Waals surface area contributed by atoms with Gasteiger partial charge in [-0.05, 0) is 29.8 Å². The molecule has 24 heavy (non-hydrogen) atoms. The molecule has 0 saturated carbocycles. The van der Waals surface area contributed by atoms with Crippen LogP contribution in [0, 0.1) is 0 Å². The van der Waals surface area contributed by atoms with Crippen LogP contribution in [0.4, 0.5) is 13.2 Å². The second-order valence-corrected chi connectivity index (χ2v) is 4.65. The Balaban J connectivity index is 2.02. The molecule has 2 aromatic carbocycles. The van der Waals surface area contributed by atoms with Gasteiger partial charge in [0.05, 0.1) is 7.11 Å². The number of aromatic carboxylic acids is 1. The number of carbonyl (C=O) groups is 1. The second-order valence-electron chi connectivity index (χ2n) is 4.65. The van der Waals surface area contributed by atoms with Crippen molar-refractivity contribution in [3.8, 4) is 17.2 Å². The minimum Gasteiger partial charge on any atom is -0.496 e. The van der Waals surface area contributed by atoms with E-state index in [0.717, 1.165) is 0 Å². The maximum atomic E-state index is 12.1. The summed E-state index contributed by atoms with van der Waals surface area (Å²) in [5.74, 6) is -0.932. The lowest BCUT2D eigenvalue weighted by Crippen LogP contribution is -2.17. The Hall–Kier alpha value is -2.90. The van der Waals surface area contributed by atoms with Crippen LogP contribution in [-0.2, 0) is 6.61 Å². The van der Waals surface area contributed by atoms with Gasteiger partial charge in [0.2, 0.25) is 0 Å². The quantitative estimate of drug-likeness (QED) is 0.863. The number of hydrogen-bond donors (Lipinski definition) is 1. The van der Waals surface area contributed by atoms with E-state index in [9.17, 15) is 18.0 Å². The van der Waals surface area contributed by atoms with Crippen molar-refractivity contribution in [2.24, 2.45) is 0 Å². The van der Waals surface area contributed by atoms with Crippen LogP contribution >= 0.6 is 0 Å². The number of carboxylic acids is 1. The first-order valence-electron chi connectivity index (χ1n) is 6.67. The molecule has 1 N–H and O–H groups in total. The number of hydrogen-bond acceptors (Lipinski definition) is 4. The van der Waals surface area contributed by atoms with E-state index >= 15 is 0 Å². The molecule has 128 valence electrons. The summed E-state index contributed by atoms with van der Waals surface area (Å²) >= 11 is 0. The molecular weight excluding hydrogens is 329 g/mol. The van der Waals surface area contributed by atoms with Gasteiger partial charge in [-0.25, -0.2) is 4.79 Å². The maximum absolute atomic E-state index is 12.1. The van der Waals surface area contributed by atoms with Crippen molar-refractivity contribution in [1.29, 1.82) is 0 Å². The van der Waals surface area contributed by atoms with Gasteiger partial charge in [0.15, 0.2) is 0 Å². The molecule has 2 aromatic rings. The molecule has 0 aliphatic rings. The topological polar surface area (TPSA) is 65.0 Å². The first kappa shape index (κ1) is 17.5. The fourth-order valence-electron chi connectivity index (χ4n) is 1.89. The molecule has 0 aliphatic heterocycles. The summed E-state index contributed by atoms with van der Waals surface area (Å²) in [6.07, 6.45) is -4.74. The summed E-state index contributed by atoms with van der Waals surface area (Å²) in [6, 6.07) is 9.46. The monoisotopic (exact) mass is 342 g/mol. The largest absolute Gasteiger partial charge is 0.573 e. The molecule has 2 rings (SSSR count). The average Bonchev–Trinajstić information content (AvgIpc) is 2.52. The van der Waals surface area contributed by atoms with Gasteiger partial charge in [-0.1, -0.05) is 12.1 Å². The van der Waals surface area contributed by atoms with Crippen LogP contribution in [0.5, 0.6) is 17.2 Å². The summed E-state index contributed by atoms with van der Waals surface area (Å²) in [5, 5.41) is 8.99. The van der Waals surface area contributed by atoms with E-state index in [2.05, 4.69) is 4.74 Å². The minimum atomic E-state index is -4.74. The molecule has 0 aliphatic carbocycles. The van der Waals surface area contributed by atoms with Crippen molar-refractivity contribution in [1.82, 2.24) is 0 Å². The number of alkyl halides is 3. The lowest BCUT2D eigenvalue weighted by molar-refractivity contribution is -0.274. The predicted molar refractivity (Wildman–Crippen MR) is 77.4 cm³/mol. The lowest BCUT2D eigenvalue weighted by atomic mass is 10.2. The van der Waals surface area contributed by atoms with E-state index in [0.29, 0.717) is 11.3 Å². The van der Waals surface area contributed by atoms with Gasteiger partial charge in [-0.15, -0.1) is 13.2 Å². The van der Waals surface area contributed by atoms with E-state index in [1.807, 2.05) is 0 Å². The number of rotatable bonds is 6. The molecule has 0 bridgehead atoms. The zero-order chi connectivity index (χ0) is 17.7. The van der Waals surface area contributed by atoms with E-state index in [4.69, 9.17) is 14.6 Å². The number of halogens is 3. The van der Waals surface area contributed by atoms with Gasteiger partial charge in [0.25, 0.3) is 0 Å². The highest BCUT2D eigenvalue weighted by molar-refractivity contribution is 5.91. The van der Waals surface area contributed by atoms with Crippen molar-refractivity contribution in [2.75, 3.05) is 7.11 Å². The van der Waals surface area contributed by atoms with Gasteiger partial charge in [-0.3, -0.25) is 0 Å². The molecule has 0 saturated heterocycles. The Labute approximate surface area is 135 Å². The second kappa shape index (κ2) is 7.12. The molecule has 0 amide bonds. The average molecular weight is 342 g/mol. The van der Waals surface area contributed by atoms with Crippen LogP contribution in [0.15, 0.2) is 42.5 Å². The highest BCUT2D eigenvalue weighted by Crippen LogP contribution is 2.26. The van der Waals surface area contributed by atoms with Crippen LogP contribution in [0.25, 0.3) is 0 Å². The molecule has 0 heterocycles. The molecule has 0 radical (unpaired) electrons. The Morgan fingerprint density at radius 1 is 1.08 bits per heavy atom. The smallest absolute Gasteiger partial charge is 0.496 e. The summed E-state index contributed by atoms with van der Waals surface area (Å²) in [7, 11) is 1.34. The number of methoxy groups -OCH3 is 1. The van der Waals surface area contributed by atoms with Crippen LogP contribution in [0.1, 0.15) is 15.9 Å². The standard InChI is InChI=1S/C16H13F3O5/c1-22-14-8-12(6-7-13(14)15(20)21)23-9-10-2-4-11(5-3-10)24-16(17,18)19/h2-8H,9H2,1H3,(H,20,21). The van der Waals surface area contributed by atoms with Gasteiger partial charge in [0, 0.05) is 6.07 Å². The third-order valence-electron chi connectivity index (χ3n) is 2.97. The van der Waals surface area contributed by atoms with E-state index < -0.39 is 12.3 Å². The van der Waals surface area contributed by atoms with Crippen LogP contribution in [0.2, 0.25) is 0 Å². The highest BCUT2D eigenvalue weighted by atomic mass is 19.4. The van der Waals surface area contributed by atoms with Gasteiger partial charge < -0.3 is 19.3 Å².